The number of furan rings is 1. The number of aryl methyl sites for hydroxylation is 1. The first-order valence-corrected chi connectivity index (χ1v) is 8.52. The van der Waals surface area contributed by atoms with Gasteiger partial charge in [0.2, 0.25) is 0 Å². The van der Waals surface area contributed by atoms with Gasteiger partial charge in [-0.25, -0.2) is 5.43 Å². The van der Waals surface area contributed by atoms with Crippen LogP contribution < -0.4 is 10.3 Å². The normalized spacial score (nSPS) is 17.3. The summed E-state index contributed by atoms with van der Waals surface area (Å²) in [6.45, 7) is 7.04. The summed E-state index contributed by atoms with van der Waals surface area (Å²) in [5.74, 6) is 0.332. The maximum atomic E-state index is 12.3. The van der Waals surface area contributed by atoms with Crippen molar-refractivity contribution in [1.82, 2.24) is 5.43 Å². The minimum absolute atomic E-state index is 0.0934. The maximum absolute atomic E-state index is 12.3. The zero-order chi connectivity index (χ0) is 17.6. The van der Waals surface area contributed by atoms with Crippen molar-refractivity contribution >= 4 is 11.6 Å². The molecule has 2 aromatic rings. The number of rotatable bonds is 5. The van der Waals surface area contributed by atoms with Crippen molar-refractivity contribution in [2.45, 2.75) is 19.9 Å². The molecule has 1 aliphatic heterocycles. The van der Waals surface area contributed by atoms with E-state index in [-0.39, 0.29) is 11.9 Å². The third kappa shape index (κ3) is 4.15. The number of ether oxygens (including phenoxy) is 1. The summed E-state index contributed by atoms with van der Waals surface area (Å²) in [4.78, 5) is 13.7. The Balaban J connectivity index is 1.79. The van der Waals surface area contributed by atoms with E-state index in [9.17, 15) is 4.79 Å². The lowest BCUT2D eigenvalue weighted by Gasteiger charge is -2.31. The predicted octanol–water partition coefficient (Wildman–Crippen LogP) is 1.35. The molecule has 1 aromatic carbocycles. The van der Waals surface area contributed by atoms with Crippen LogP contribution in [0.25, 0.3) is 0 Å². The summed E-state index contributed by atoms with van der Waals surface area (Å²) >= 11 is 0. The lowest BCUT2D eigenvalue weighted by molar-refractivity contribution is -0.928. The molecule has 1 fully saturated rings. The molecule has 6 nitrogen and oxygen atoms in total. The first kappa shape index (κ1) is 17.4. The monoisotopic (exact) mass is 342 g/mol. The van der Waals surface area contributed by atoms with Gasteiger partial charge >= 0.3 is 0 Å². The highest BCUT2D eigenvalue weighted by Gasteiger charge is 2.29. The SMILES string of the molecule is C/C(=N/NC(=O)c1ccoc1C)[C@@H](c1ccccc1)[NH+]1CCOCC1. The number of morpholine rings is 1. The van der Waals surface area contributed by atoms with Gasteiger partial charge in [-0.15, -0.1) is 0 Å². The molecule has 25 heavy (non-hydrogen) atoms. The lowest BCUT2D eigenvalue weighted by Crippen LogP contribution is -3.15. The fourth-order valence-corrected chi connectivity index (χ4v) is 3.22. The topological polar surface area (TPSA) is 68.3 Å². The van der Waals surface area contributed by atoms with Gasteiger partial charge in [-0.3, -0.25) is 4.79 Å². The van der Waals surface area contributed by atoms with Crippen LogP contribution in [0, 0.1) is 6.92 Å². The molecule has 1 saturated heterocycles. The number of nitrogens with one attached hydrogen (secondary N) is 2. The van der Waals surface area contributed by atoms with E-state index in [0.29, 0.717) is 11.3 Å². The molecule has 3 rings (SSSR count). The van der Waals surface area contributed by atoms with Crippen LogP contribution in [-0.2, 0) is 4.74 Å². The number of carbonyl (C=O) groups excluding carboxylic acids is 1. The zero-order valence-corrected chi connectivity index (χ0v) is 14.6. The van der Waals surface area contributed by atoms with Crippen molar-refractivity contribution in [3.05, 3.63) is 59.5 Å². The average molecular weight is 342 g/mol. The van der Waals surface area contributed by atoms with Gasteiger partial charge in [0, 0.05) is 5.56 Å². The van der Waals surface area contributed by atoms with Gasteiger partial charge in [0.05, 0.1) is 30.8 Å². The predicted molar refractivity (Wildman–Crippen MR) is 94.7 cm³/mol. The second kappa shape index (κ2) is 8.09. The molecule has 0 radical (unpaired) electrons. The van der Waals surface area contributed by atoms with Crippen LogP contribution in [-0.4, -0.2) is 37.9 Å². The lowest BCUT2D eigenvalue weighted by atomic mass is 10.0. The van der Waals surface area contributed by atoms with Gasteiger partial charge in [0.1, 0.15) is 18.8 Å². The van der Waals surface area contributed by atoms with E-state index in [0.717, 1.165) is 32.0 Å². The summed E-state index contributed by atoms with van der Waals surface area (Å²) in [6, 6.07) is 12.0. The zero-order valence-electron chi connectivity index (χ0n) is 14.6. The number of hydrogen-bond acceptors (Lipinski definition) is 4. The summed E-state index contributed by atoms with van der Waals surface area (Å²) in [5.41, 5.74) is 5.23. The summed E-state index contributed by atoms with van der Waals surface area (Å²) in [5, 5.41) is 4.39. The molecule has 6 heteroatoms. The Kier molecular flexibility index (Phi) is 5.63. The Morgan fingerprint density at radius 1 is 1.20 bits per heavy atom. The molecule has 2 heterocycles. The number of amides is 1. The van der Waals surface area contributed by atoms with Crippen LogP contribution in [0.4, 0.5) is 0 Å². The summed E-state index contributed by atoms with van der Waals surface area (Å²) < 4.78 is 10.7. The number of benzene rings is 1. The van der Waals surface area contributed by atoms with Crippen LogP contribution in [0.3, 0.4) is 0 Å². The third-order valence-electron chi connectivity index (χ3n) is 4.53. The van der Waals surface area contributed by atoms with Crippen LogP contribution in [0.5, 0.6) is 0 Å². The highest BCUT2D eigenvalue weighted by molar-refractivity contribution is 5.96. The standard InChI is InChI=1S/C19H23N3O3/c1-14(20-21-19(23)17-8-11-25-15(17)2)18(16-6-4-3-5-7-16)22-9-12-24-13-10-22/h3-8,11,18H,9-10,12-13H2,1-2H3,(H,21,23)/p+1/b20-14-/t18-/m0/s1. The minimum atomic E-state index is -0.255. The van der Waals surface area contributed by atoms with Gasteiger partial charge in [-0.2, -0.15) is 5.10 Å². The van der Waals surface area contributed by atoms with Gasteiger partial charge in [0.15, 0.2) is 6.04 Å². The van der Waals surface area contributed by atoms with Crippen molar-refractivity contribution in [3.8, 4) is 0 Å². The van der Waals surface area contributed by atoms with E-state index in [1.54, 1.807) is 13.0 Å². The van der Waals surface area contributed by atoms with Crippen LogP contribution >= 0.6 is 0 Å². The van der Waals surface area contributed by atoms with Crippen molar-refractivity contribution < 1.29 is 18.8 Å². The van der Waals surface area contributed by atoms with Crippen molar-refractivity contribution in [2.75, 3.05) is 26.3 Å². The van der Waals surface area contributed by atoms with Crippen molar-refractivity contribution in [1.29, 1.82) is 0 Å². The van der Waals surface area contributed by atoms with E-state index < -0.39 is 0 Å². The molecule has 0 unspecified atom stereocenters. The van der Waals surface area contributed by atoms with Crippen LogP contribution in [0.15, 0.2) is 52.2 Å². The molecule has 132 valence electrons. The minimum Gasteiger partial charge on any atom is -0.469 e. The van der Waals surface area contributed by atoms with Crippen molar-refractivity contribution in [3.63, 3.8) is 0 Å². The fourth-order valence-electron chi connectivity index (χ4n) is 3.22. The second-order valence-corrected chi connectivity index (χ2v) is 6.20. The number of nitrogens with zero attached hydrogens (tertiary/aromatic N) is 1. The molecule has 0 aliphatic carbocycles. The fraction of sp³-hybridized carbons (Fsp3) is 0.368. The maximum Gasteiger partial charge on any atom is 0.274 e. The van der Waals surface area contributed by atoms with Gasteiger partial charge in [-0.05, 0) is 19.9 Å². The van der Waals surface area contributed by atoms with E-state index in [1.807, 2.05) is 25.1 Å². The summed E-state index contributed by atoms with van der Waals surface area (Å²) in [7, 11) is 0. The van der Waals surface area contributed by atoms with E-state index in [2.05, 4.69) is 22.7 Å². The Bertz CT molecular complexity index is 733. The molecule has 0 spiro atoms. The van der Waals surface area contributed by atoms with Gasteiger partial charge in [0.25, 0.3) is 5.91 Å². The quantitative estimate of drug-likeness (QED) is 0.637. The van der Waals surface area contributed by atoms with Crippen LogP contribution in [0.2, 0.25) is 0 Å². The Morgan fingerprint density at radius 2 is 1.92 bits per heavy atom. The molecule has 1 aliphatic rings. The largest absolute Gasteiger partial charge is 0.469 e. The molecule has 0 bridgehead atoms. The Labute approximate surface area is 147 Å². The second-order valence-electron chi connectivity index (χ2n) is 6.20. The number of carbonyl (C=O) groups is 1. The number of hydrogen-bond donors (Lipinski definition) is 2. The smallest absolute Gasteiger partial charge is 0.274 e. The highest BCUT2D eigenvalue weighted by atomic mass is 16.5. The molecule has 2 N–H and O–H groups in total. The molecule has 1 atom stereocenters. The van der Waals surface area contributed by atoms with Gasteiger partial charge < -0.3 is 14.1 Å². The van der Waals surface area contributed by atoms with E-state index >= 15 is 0 Å². The van der Waals surface area contributed by atoms with E-state index in [1.165, 1.54) is 16.7 Å². The average Bonchev–Trinajstić information content (AvgIpc) is 3.08. The Morgan fingerprint density at radius 3 is 2.56 bits per heavy atom. The van der Waals surface area contributed by atoms with Crippen molar-refractivity contribution in [2.24, 2.45) is 5.10 Å². The highest BCUT2D eigenvalue weighted by Crippen LogP contribution is 2.12. The van der Waals surface area contributed by atoms with E-state index in [4.69, 9.17) is 9.15 Å². The molecule has 0 saturated carbocycles. The first-order chi connectivity index (χ1) is 12.2. The Hall–Kier alpha value is -2.44. The summed E-state index contributed by atoms with van der Waals surface area (Å²) in [6.07, 6.45) is 1.51. The number of hydrazone groups is 1. The molecular weight excluding hydrogens is 318 g/mol. The van der Waals surface area contributed by atoms with Crippen LogP contribution in [0.1, 0.15) is 34.6 Å². The first-order valence-electron chi connectivity index (χ1n) is 8.52. The van der Waals surface area contributed by atoms with Gasteiger partial charge in [-0.1, -0.05) is 30.3 Å². The molecule has 1 amide bonds. The third-order valence-corrected chi connectivity index (χ3v) is 4.53. The molecular formula is C19H24N3O3+. The number of quaternary nitrogens is 1. The molecule has 1 aromatic heterocycles.